The van der Waals surface area contributed by atoms with Gasteiger partial charge in [0, 0.05) is 0 Å². The van der Waals surface area contributed by atoms with Gasteiger partial charge in [-0.25, -0.2) is 8.42 Å². The molecule has 0 saturated heterocycles. The molecule has 0 aliphatic heterocycles. The smallest absolute Gasteiger partial charge is 0.182 e. The van der Waals surface area contributed by atoms with Crippen molar-refractivity contribution in [3.8, 4) is 0 Å². The van der Waals surface area contributed by atoms with Crippen molar-refractivity contribution < 1.29 is 8.42 Å². The first-order chi connectivity index (χ1) is 9.31. The summed E-state index contributed by atoms with van der Waals surface area (Å²) in [5.74, 6) is 0.0426. The second-order valence-electron chi connectivity index (χ2n) is 5.99. The van der Waals surface area contributed by atoms with Gasteiger partial charge in [0.15, 0.2) is 9.84 Å². The molecule has 0 aromatic heterocycles. The summed E-state index contributed by atoms with van der Waals surface area (Å²) in [5.41, 5.74) is 1.49. The normalized spacial score (nSPS) is 12.3. The van der Waals surface area contributed by atoms with Gasteiger partial charge in [-0.05, 0) is 22.6 Å². The van der Waals surface area contributed by atoms with E-state index in [9.17, 15) is 8.42 Å². The summed E-state index contributed by atoms with van der Waals surface area (Å²) in [7, 11) is -3.33. The van der Waals surface area contributed by atoms with E-state index in [0.29, 0.717) is 4.90 Å². The molecule has 2 rings (SSSR count). The molecule has 0 atom stereocenters. The van der Waals surface area contributed by atoms with Crippen LogP contribution in [0.15, 0.2) is 59.5 Å². The van der Waals surface area contributed by atoms with E-state index >= 15 is 0 Å². The lowest BCUT2D eigenvalue weighted by Gasteiger charge is -2.22. The third-order valence-electron chi connectivity index (χ3n) is 3.23. The molecule has 2 aromatic rings. The van der Waals surface area contributed by atoms with Crippen molar-refractivity contribution in [3.63, 3.8) is 0 Å². The van der Waals surface area contributed by atoms with Crippen LogP contribution in [0.4, 0.5) is 0 Å². The van der Waals surface area contributed by atoms with Gasteiger partial charge in [-0.1, -0.05) is 69.3 Å². The highest BCUT2D eigenvalue weighted by Gasteiger charge is 2.25. The fourth-order valence-electron chi connectivity index (χ4n) is 2.23. The van der Waals surface area contributed by atoms with Crippen LogP contribution in [0.3, 0.4) is 0 Å². The van der Waals surface area contributed by atoms with Crippen LogP contribution in [0.2, 0.25) is 0 Å². The van der Waals surface area contributed by atoms with E-state index < -0.39 is 9.84 Å². The summed E-state index contributed by atoms with van der Waals surface area (Å²) >= 11 is 0. The van der Waals surface area contributed by atoms with Gasteiger partial charge < -0.3 is 0 Å². The molecule has 0 N–H and O–H groups in total. The molecule has 2 nitrogen and oxygen atoms in total. The Balaban J connectivity index is 2.46. The lowest BCUT2D eigenvalue weighted by molar-refractivity contribution is 0.561. The highest BCUT2D eigenvalue weighted by molar-refractivity contribution is 7.90. The molecule has 0 saturated carbocycles. The zero-order chi connectivity index (χ0) is 14.8. The molecule has 3 heteroatoms. The molecule has 0 bridgehead atoms. The van der Waals surface area contributed by atoms with Gasteiger partial charge in [-0.3, -0.25) is 0 Å². The molecule has 0 fully saturated rings. The van der Waals surface area contributed by atoms with Crippen LogP contribution in [-0.4, -0.2) is 8.42 Å². The van der Waals surface area contributed by atoms with Crippen molar-refractivity contribution in [1.82, 2.24) is 0 Å². The van der Waals surface area contributed by atoms with Gasteiger partial charge in [0.25, 0.3) is 0 Å². The summed E-state index contributed by atoms with van der Waals surface area (Å²) in [5, 5.41) is 0. The molecular formula is C17H20O2S. The van der Waals surface area contributed by atoms with E-state index in [1.165, 1.54) is 0 Å². The largest absolute Gasteiger partial charge is 0.223 e. The minimum Gasteiger partial charge on any atom is -0.223 e. The van der Waals surface area contributed by atoms with Gasteiger partial charge in [-0.15, -0.1) is 0 Å². The number of sulfone groups is 1. The topological polar surface area (TPSA) is 34.1 Å². The summed E-state index contributed by atoms with van der Waals surface area (Å²) in [6.07, 6.45) is 0. The average molecular weight is 288 g/mol. The lowest BCUT2D eigenvalue weighted by Crippen LogP contribution is -2.17. The summed E-state index contributed by atoms with van der Waals surface area (Å²) in [4.78, 5) is 0.441. The Morgan fingerprint density at radius 3 is 2.00 bits per heavy atom. The summed E-state index contributed by atoms with van der Waals surface area (Å²) in [6.45, 7) is 6.09. The van der Waals surface area contributed by atoms with Gasteiger partial charge in [-0.2, -0.15) is 0 Å². The molecular weight excluding hydrogens is 268 g/mol. The van der Waals surface area contributed by atoms with Crippen LogP contribution in [0.1, 0.15) is 31.9 Å². The maximum Gasteiger partial charge on any atom is 0.182 e. The highest BCUT2D eigenvalue weighted by atomic mass is 32.2. The molecule has 20 heavy (non-hydrogen) atoms. The van der Waals surface area contributed by atoms with E-state index in [1.54, 1.807) is 12.1 Å². The zero-order valence-electron chi connectivity index (χ0n) is 12.1. The maximum atomic E-state index is 12.7. The molecule has 0 unspecified atom stereocenters. The van der Waals surface area contributed by atoms with Gasteiger partial charge >= 0.3 is 0 Å². The standard InChI is InChI=1S/C17H20O2S/c1-17(2,3)15-11-7-8-12-16(15)20(18,19)13-14-9-5-4-6-10-14/h4-12H,13H2,1-3H3. The molecule has 0 spiro atoms. The number of hydrogen-bond donors (Lipinski definition) is 0. The monoisotopic (exact) mass is 288 g/mol. The highest BCUT2D eigenvalue weighted by Crippen LogP contribution is 2.30. The maximum absolute atomic E-state index is 12.7. The van der Waals surface area contributed by atoms with Gasteiger partial charge in [0.05, 0.1) is 10.6 Å². The second-order valence-corrected chi connectivity index (χ2v) is 7.95. The molecule has 0 radical (unpaired) electrons. The van der Waals surface area contributed by atoms with Crippen LogP contribution in [0.25, 0.3) is 0 Å². The van der Waals surface area contributed by atoms with E-state index in [-0.39, 0.29) is 11.2 Å². The van der Waals surface area contributed by atoms with Crippen LogP contribution < -0.4 is 0 Å². The number of hydrogen-bond acceptors (Lipinski definition) is 2. The predicted octanol–water partition coefficient (Wildman–Crippen LogP) is 3.96. The van der Waals surface area contributed by atoms with Gasteiger partial charge in [0.2, 0.25) is 0 Å². The fraction of sp³-hybridized carbons (Fsp3) is 0.294. The van der Waals surface area contributed by atoms with Crippen LogP contribution >= 0.6 is 0 Å². The van der Waals surface area contributed by atoms with Crippen molar-refractivity contribution in [3.05, 3.63) is 65.7 Å². The quantitative estimate of drug-likeness (QED) is 0.856. The minimum absolute atomic E-state index is 0.0426. The van der Waals surface area contributed by atoms with Crippen molar-refractivity contribution >= 4 is 9.84 Å². The Hall–Kier alpha value is -1.61. The third-order valence-corrected chi connectivity index (χ3v) is 4.97. The predicted molar refractivity (Wildman–Crippen MR) is 82.5 cm³/mol. The Morgan fingerprint density at radius 1 is 0.850 bits per heavy atom. The lowest BCUT2D eigenvalue weighted by atomic mass is 9.87. The van der Waals surface area contributed by atoms with Crippen molar-refractivity contribution in [1.29, 1.82) is 0 Å². The van der Waals surface area contributed by atoms with Crippen LogP contribution in [-0.2, 0) is 21.0 Å². The Kier molecular flexibility index (Phi) is 4.00. The minimum atomic E-state index is -3.33. The summed E-state index contributed by atoms with van der Waals surface area (Å²) in [6, 6.07) is 16.6. The van der Waals surface area contributed by atoms with Crippen LogP contribution in [0.5, 0.6) is 0 Å². The van der Waals surface area contributed by atoms with Crippen molar-refractivity contribution in [2.75, 3.05) is 0 Å². The molecule has 106 valence electrons. The second kappa shape index (κ2) is 5.41. The first-order valence-corrected chi connectivity index (χ1v) is 8.32. The van der Waals surface area contributed by atoms with Crippen molar-refractivity contribution in [2.24, 2.45) is 0 Å². The third kappa shape index (κ3) is 3.28. The Morgan fingerprint density at radius 2 is 1.40 bits per heavy atom. The molecule has 2 aromatic carbocycles. The Labute approximate surface area is 121 Å². The van der Waals surface area contributed by atoms with Gasteiger partial charge in [0.1, 0.15) is 0 Å². The van der Waals surface area contributed by atoms with E-state index in [0.717, 1.165) is 11.1 Å². The average Bonchev–Trinajstić information content (AvgIpc) is 2.38. The molecule has 0 heterocycles. The van der Waals surface area contributed by atoms with Crippen molar-refractivity contribution in [2.45, 2.75) is 36.8 Å². The first-order valence-electron chi connectivity index (χ1n) is 6.67. The number of rotatable bonds is 3. The number of benzene rings is 2. The fourth-order valence-corrected chi connectivity index (χ4v) is 4.01. The van der Waals surface area contributed by atoms with E-state index in [1.807, 2.05) is 63.2 Å². The van der Waals surface area contributed by atoms with E-state index in [2.05, 4.69) is 0 Å². The van der Waals surface area contributed by atoms with Crippen LogP contribution in [0, 0.1) is 0 Å². The molecule has 0 amide bonds. The molecule has 0 aliphatic carbocycles. The Bertz CT molecular complexity index is 680. The van der Waals surface area contributed by atoms with E-state index in [4.69, 9.17) is 0 Å². The zero-order valence-corrected chi connectivity index (χ0v) is 12.9. The SMILES string of the molecule is CC(C)(C)c1ccccc1S(=O)(=O)Cc1ccccc1. The molecule has 0 aliphatic rings. The summed E-state index contributed by atoms with van der Waals surface area (Å²) < 4.78 is 25.3. The first kappa shape index (κ1) is 14.8.